The van der Waals surface area contributed by atoms with Crippen LogP contribution in [0.4, 0.5) is 0 Å². The number of amides is 2. The largest absolute Gasteiger partial charge is 0.335 e. The Morgan fingerprint density at radius 3 is 1.83 bits per heavy atom. The highest BCUT2D eigenvalue weighted by molar-refractivity contribution is 5.97. The quantitative estimate of drug-likeness (QED) is 0.688. The summed E-state index contributed by atoms with van der Waals surface area (Å²) in [5.74, 6) is 0.0621. The van der Waals surface area contributed by atoms with E-state index in [1.807, 2.05) is 90.4 Å². The van der Waals surface area contributed by atoms with E-state index in [0.717, 1.165) is 22.6 Å². The zero-order valence-corrected chi connectivity index (χ0v) is 16.8. The van der Waals surface area contributed by atoms with Crippen molar-refractivity contribution in [3.8, 4) is 5.69 Å². The lowest BCUT2D eigenvalue weighted by Crippen LogP contribution is -2.50. The highest BCUT2D eigenvalue weighted by Gasteiger charge is 2.27. The standard InChI is InChI=1S/C24H25N3O2/c1-18-17-22(19(2)27(18)21-11-7-4-8-12-21)24(29)26-15-13-25(14-16-26)23(28)20-9-5-3-6-10-20/h3-12,17H,13-16H2,1-2H3. The summed E-state index contributed by atoms with van der Waals surface area (Å²) in [5, 5.41) is 0. The summed E-state index contributed by atoms with van der Waals surface area (Å²) in [6.07, 6.45) is 0. The Labute approximate surface area is 171 Å². The number of aryl methyl sites for hydroxylation is 1. The molecule has 5 heteroatoms. The molecule has 1 saturated heterocycles. The number of hydrogen-bond acceptors (Lipinski definition) is 2. The smallest absolute Gasteiger partial charge is 0.255 e. The van der Waals surface area contributed by atoms with Crippen LogP contribution in [0.2, 0.25) is 0 Å². The third-order valence-corrected chi connectivity index (χ3v) is 5.55. The van der Waals surface area contributed by atoms with E-state index in [0.29, 0.717) is 31.7 Å². The van der Waals surface area contributed by atoms with Gasteiger partial charge < -0.3 is 14.4 Å². The van der Waals surface area contributed by atoms with E-state index in [2.05, 4.69) is 4.57 Å². The molecule has 0 unspecified atom stereocenters. The first kappa shape index (κ1) is 19.0. The molecule has 1 aliphatic rings. The molecule has 2 amide bonds. The zero-order valence-electron chi connectivity index (χ0n) is 16.8. The summed E-state index contributed by atoms with van der Waals surface area (Å²) in [6, 6.07) is 21.3. The van der Waals surface area contributed by atoms with E-state index >= 15 is 0 Å². The summed E-state index contributed by atoms with van der Waals surface area (Å²) >= 11 is 0. The molecule has 0 saturated carbocycles. The Kier molecular flexibility index (Phi) is 5.21. The van der Waals surface area contributed by atoms with Crippen molar-refractivity contribution in [2.24, 2.45) is 0 Å². The monoisotopic (exact) mass is 387 g/mol. The van der Waals surface area contributed by atoms with Crippen LogP contribution in [0.25, 0.3) is 5.69 Å². The van der Waals surface area contributed by atoms with Gasteiger partial charge in [-0.25, -0.2) is 0 Å². The number of carbonyl (C=O) groups is 2. The molecule has 4 rings (SSSR count). The van der Waals surface area contributed by atoms with E-state index in [1.54, 1.807) is 0 Å². The Morgan fingerprint density at radius 1 is 0.724 bits per heavy atom. The molecule has 1 fully saturated rings. The Balaban J connectivity index is 1.47. The van der Waals surface area contributed by atoms with Crippen molar-refractivity contribution >= 4 is 11.8 Å². The van der Waals surface area contributed by atoms with E-state index in [9.17, 15) is 9.59 Å². The van der Waals surface area contributed by atoms with Crippen LogP contribution >= 0.6 is 0 Å². The summed E-state index contributed by atoms with van der Waals surface area (Å²) in [7, 11) is 0. The number of aromatic nitrogens is 1. The molecule has 2 heterocycles. The average molecular weight is 387 g/mol. The number of nitrogens with zero attached hydrogens (tertiary/aromatic N) is 3. The van der Waals surface area contributed by atoms with Crippen LogP contribution in [0, 0.1) is 13.8 Å². The van der Waals surface area contributed by atoms with Gasteiger partial charge in [0.25, 0.3) is 11.8 Å². The maximum atomic E-state index is 13.2. The number of benzene rings is 2. The maximum absolute atomic E-state index is 13.2. The molecular formula is C24H25N3O2. The number of hydrogen-bond donors (Lipinski definition) is 0. The van der Waals surface area contributed by atoms with Gasteiger partial charge in [0.05, 0.1) is 5.56 Å². The molecule has 148 valence electrons. The summed E-state index contributed by atoms with van der Waals surface area (Å²) in [5.41, 5.74) is 4.46. The van der Waals surface area contributed by atoms with Crippen LogP contribution < -0.4 is 0 Å². The van der Waals surface area contributed by atoms with Crippen LogP contribution in [-0.2, 0) is 0 Å². The van der Waals surface area contributed by atoms with Crippen molar-refractivity contribution < 1.29 is 9.59 Å². The number of para-hydroxylation sites is 1. The van der Waals surface area contributed by atoms with Gasteiger partial charge in [0.15, 0.2) is 0 Å². The molecule has 0 atom stereocenters. The second kappa shape index (κ2) is 7.95. The van der Waals surface area contributed by atoms with Crippen LogP contribution in [0.3, 0.4) is 0 Å². The first-order valence-corrected chi connectivity index (χ1v) is 9.94. The Bertz CT molecular complexity index is 1020. The average Bonchev–Trinajstić information content (AvgIpc) is 3.08. The topological polar surface area (TPSA) is 45.6 Å². The van der Waals surface area contributed by atoms with Crippen molar-refractivity contribution in [3.63, 3.8) is 0 Å². The molecule has 0 bridgehead atoms. The normalized spacial score (nSPS) is 14.1. The fraction of sp³-hybridized carbons (Fsp3) is 0.250. The van der Waals surface area contributed by atoms with Crippen LogP contribution in [0.5, 0.6) is 0 Å². The van der Waals surface area contributed by atoms with Crippen molar-refractivity contribution in [3.05, 3.63) is 89.2 Å². The fourth-order valence-electron chi connectivity index (χ4n) is 4.00. The predicted octanol–water partition coefficient (Wildman–Crippen LogP) is 3.69. The first-order valence-electron chi connectivity index (χ1n) is 9.94. The summed E-state index contributed by atoms with van der Waals surface area (Å²) in [6.45, 7) is 6.21. The van der Waals surface area contributed by atoms with Crippen molar-refractivity contribution in [2.75, 3.05) is 26.2 Å². The fourth-order valence-corrected chi connectivity index (χ4v) is 4.00. The van der Waals surface area contributed by atoms with Gasteiger partial charge in [0.2, 0.25) is 0 Å². The molecular weight excluding hydrogens is 362 g/mol. The van der Waals surface area contributed by atoms with Gasteiger partial charge >= 0.3 is 0 Å². The summed E-state index contributed by atoms with van der Waals surface area (Å²) in [4.78, 5) is 29.5. The van der Waals surface area contributed by atoms with Gasteiger partial charge in [-0.3, -0.25) is 9.59 Å². The van der Waals surface area contributed by atoms with Crippen molar-refractivity contribution in [2.45, 2.75) is 13.8 Å². The van der Waals surface area contributed by atoms with Crippen LogP contribution in [-0.4, -0.2) is 52.4 Å². The molecule has 3 aromatic rings. The maximum Gasteiger partial charge on any atom is 0.255 e. The second-order valence-corrected chi connectivity index (χ2v) is 7.41. The van der Waals surface area contributed by atoms with Gasteiger partial charge in [-0.1, -0.05) is 36.4 Å². The number of rotatable bonds is 3. The minimum absolute atomic E-state index is 0.0277. The van der Waals surface area contributed by atoms with Crippen LogP contribution in [0.15, 0.2) is 66.7 Å². The third kappa shape index (κ3) is 3.68. The highest BCUT2D eigenvalue weighted by atomic mass is 16.2. The Hall–Kier alpha value is -3.34. The van der Waals surface area contributed by atoms with E-state index in [4.69, 9.17) is 0 Å². The molecule has 2 aromatic carbocycles. The lowest BCUT2D eigenvalue weighted by atomic mass is 10.1. The SMILES string of the molecule is Cc1cc(C(=O)N2CCN(C(=O)c3ccccc3)CC2)c(C)n1-c1ccccc1. The van der Waals surface area contributed by atoms with Crippen LogP contribution in [0.1, 0.15) is 32.1 Å². The Morgan fingerprint density at radius 2 is 1.24 bits per heavy atom. The molecule has 1 aliphatic heterocycles. The van der Waals surface area contributed by atoms with Crippen molar-refractivity contribution in [1.29, 1.82) is 0 Å². The zero-order chi connectivity index (χ0) is 20.4. The van der Waals surface area contributed by atoms with E-state index in [1.165, 1.54) is 0 Å². The molecule has 0 radical (unpaired) electrons. The minimum atomic E-state index is 0.0277. The summed E-state index contributed by atoms with van der Waals surface area (Å²) < 4.78 is 2.11. The number of piperazine rings is 1. The molecule has 5 nitrogen and oxygen atoms in total. The molecule has 29 heavy (non-hydrogen) atoms. The van der Waals surface area contributed by atoms with Gasteiger partial charge in [0.1, 0.15) is 0 Å². The van der Waals surface area contributed by atoms with Crippen molar-refractivity contribution in [1.82, 2.24) is 14.4 Å². The minimum Gasteiger partial charge on any atom is -0.335 e. The predicted molar refractivity (Wildman–Crippen MR) is 113 cm³/mol. The first-order chi connectivity index (χ1) is 14.1. The molecule has 0 aliphatic carbocycles. The second-order valence-electron chi connectivity index (χ2n) is 7.41. The van der Waals surface area contributed by atoms with E-state index < -0.39 is 0 Å². The highest BCUT2D eigenvalue weighted by Crippen LogP contribution is 2.22. The lowest BCUT2D eigenvalue weighted by Gasteiger charge is -2.34. The number of carbonyl (C=O) groups excluding carboxylic acids is 2. The third-order valence-electron chi connectivity index (χ3n) is 5.55. The van der Waals surface area contributed by atoms with Gasteiger partial charge in [-0.15, -0.1) is 0 Å². The van der Waals surface area contributed by atoms with Gasteiger partial charge in [-0.2, -0.15) is 0 Å². The van der Waals surface area contributed by atoms with Gasteiger partial charge in [0, 0.05) is 48.8 Å². The molecule has 0 spiro atoms. The van der Waals surface area contributed by atoms with E-state index in [-0.39, 0.29) is 11.8 Å². The molecule has 1 aromatic heterocycles. The molecule has 0 N–H and O–H groups in total. The lowest BCUT2D eigenvalue weighted by molar-refractivity contribution is 0.0535. The van der Waals surface area contributed by atoms with Gasteiger partial charge in [-0.05, 0) is 44.2 Å².